The van der Waals surface area contributed by atoms with Crippen LogP contribution in [0.4, 0.5) is 0 Å². The van der Waals surface area contributed by atoms with E-state index in [1.165, 1.54) is 59.6 Å². The summed E-state index contributed by atoms with van der Waals surface area (Å²) in [5.74, 6) is 1.75. The van der Waals surface area contributed by atoms with Crippen LogP contribution in [-0.4, -0.2) is 37.8 Å². The van der Waals surface area contributed by atoms with Crippen LogP contribution in [0.1, 0.15) is 0 Å². The second-order valence-electron chi connectivity index (χ2n) is 24.7. The highest BCUT2D eigenvalue weighted by Gasteiger charge is 2.24. The van der Waals surface area contributed by atoms with Crippen LogP contribution >= 0.6 is 0 Å². The number of fused-ring (bicyclic) bond motifs is 15. The van der Waals surface area contributed by atoms with Gasteiger partial charge in [-0.15, -0.1) is 0 Å². The molecule has 0 N–H and O–H groups in total. The summed E-state index contributed by atoms with van der Waals surface area (Å²) in [6.07, 6.45) is 0. The highest BCUT2D eigenvalue weighted by atomic mass is 15.1. The summed E-state index contributed by atoms with van der Waals surface area (Å²) < 4.78 is 12.0. The first-order valence-corrected chi connectivity index (χ1v) is 32.3. The smallest absolute Gasteiger partial charge is 0.164 e. The minimum atomic E-state index is 0.571. The molecule has 0 fully saturated rings. The molecule has 20 rings (SSSR count). The molecule has 8 nitrogen and oxygen atoms in total. The Kier molecular flexibility index (Phi) is 11.6. The largest absolute Gasteiger partial charge is 0.309 e. The van der Waals surface area contributed by atoms with Gasteiger partial charge in [0, 0.05) is 87.6 Å². The molecule has 14 aromatic carbocycles. The molecule has 0 saturated carbocycles. The summed E-state index contributed by atoms with van der Waals surface area (Å²) >= 11 is 0. The van der Waals surface area contributed by atoms with E-state index in [0.29, 0.717) is 17.5 Å². The van der Waals surface area contributed by atoms with Gasteiger partial charge in [-0.2, -0.15) is 0 Å². The van der Waals surface area contributed by atoms with Gasteiger partial charge in [0.15, 0.2) is 17.5 Å². The van der Waals surface area contributed by atoms with E-state index in [1.807, 2.05) is 18.2 Å². The Morgan fingerprint density at radius 1 is 0.158 bits per heavy atom. The van der Waals surface area contributed by atoms with Crippen molar-refractivity contribution in [1.29, 1.82) is 0 Å². The summed E-state index contributed by atoms with van der Waals surface area (Å²) in [7, 11) is 0. The molecule has 0 radical (unpaired) electrons. The van der Waals surface area contributed by atoms with E-state index in [-0.39, 0.29) is 0 Å². The fourth-order valence-corrected chi connectivity index (χ4v) is 15.3. The lowest BCUT2D eigenvalue weighted by Gasteiger charge is -2.18. The first-order chi connectivity index (χ1) is 47.1. The Morgan fingerprint density at radius 2 is 0.463 bits per heavy atom. The second-order valence-corrected chi connectivity index (χ2v) is 24.7. The molecule has 20 aromatic rings. The maximum absolute atomic E-state index is 5.47. The van der Waals surface area contributed by atoms with Crippen molar-refractivity contribution in [3.05, 3.63) is 328 Å². The van der Waals surface area contributed by atoms with E-state index >= 15 is 0 Å². The third kappa shape index (κ3) is 8.11. The maximum Gasteiger partial charge on any atom is 0.164 e. The van der Waals surface area contributed by atoms with E-state index in [4.69, 9.17) is 15.0 Å². The Balaban J connectivity index is 0.765. The van der Waals surface area contributed by atoms with Crippen LogP contribution < -0.4 is 0 Å². The zero-order valence-corrected chi connectivity index (χ0v) is 51.3. The van der Waals surface area contributed by atoms with Crippen molar-refractivity contribution in [2.75, 3.05) is 0 Å². The molecule has 0 aliphatic carbocycles. The number of benzene rings is 14. The van der Waals surface area contributed by atoms with E-state index in [2.05, 4.69) is 332 Å². The van der Waals surface area contributed by atoms with Gasteiger partial charge in [-0.3, -0.25) is 0 Å². The first kappa shape index (κ1) is 52.8. The zero-order chi connectivity index (χ0) is 62.2. The summed E-state index contributed by atoms with van der Waals surface area (Å²) in [6, 6.07) is 118. The van der Waals surface area contributed by atoms with Crippen molar-refractivity contribution < 1.29 is 0 Å². The predicted octanol–water partition coefficient (Wildman–Crippen LogP) is 22.0. The second kappa shape index (κ2) is 20.8. The number of hydrogen-bond donors (Lipinski definition) is 0. The molecule has 0 saturated heterocycles. The van der Waals surface area contributed by atoms with Crippen LogP contribution in [0.25, 0.3) is 183 Å². The molecule has 0 amide bonds. The lowest BCUT2D eigenvalue weighted by Crippen LogP contribution is -2.05. The van der Waals surface area contributed by atoms with Gasteiger partial charge in [0.25, 0.3) is 0 Å². The Labute approximate surface area is 545 Å². The number of aromatic nitrogens is 8. The third-order valence-electron chi connectivity index (χ3n) is 19.5. The van der Waals surface area contributed by atoms with Gasteiger partial charge in [0.2, 0.25) is 0 Å². The number of hydrogen-bond acceptors (Lipinski definition) is 3. The van der Waals surface area contributed by atoms with Crippen molar-refractivity contribution in [3.8, 4) is 73.7 Å². The van der Waals surface area contributed by atoms with Crippen LogP contribution in [0.5, 0.6) is 0 Å². The topological polar surface area (TPSA) is 63.3 Å². The van der Waals surface area contributed by atoms with Gasteiger partial charge in [-0.05, 0) is 139 Å². The molecule has 0 aliphatic heterocycles. The van der Waals surface area contributed by atoms with Crippen molar-refractivity contribution >= 4 is 109 Å². The molecule has 0 atom stereocenters. The molecular formula is C87H54N8. The standard InChI is InChI=1S/C87H54N8/c1-3-22-55(23-4-1)85-88-86(58-24-21-27-61(50-58)92-73-35-14-7-28-63(73)64-29-8-15-36-74(64)92)90-87(89-85)59-44-48-83(94-77-39-18-9-30-65(77)66-31-10-19-40-78(66)94)84(53-59)95-79-41-20-13-33-68(79)71-52-57(43-47-82(71)95)56-42-46-80-70(51-56)67-32-11-17-38-76(67)93(80)62-45-49-81-72(54-62)69-34-12-16-37-75(69)91(81)60-25-5-2-6-26-60/h1-54H. The summed E-state index contributed by atoms with van der Waals surface area (Å²) in [5, 5.41) is 12.0. The van der Waals surface area contributed by atoms with Crippen LogP contribution in [-0.2, 0) is 0 Å². The van der Waals surface area contributed by atoms with Gasteiger partial charge in [0.1, 0.15) is 0 Å². The first-order valence-electron chi connectivity index (χ1n) is 32.3. The van der Waals surface area contributed by atoms with E-state index in [0.717, 1.165) is 106 Å². The fraction of sp³-hybridized carbons (Fsp3) is 0. The highest BCUT2D eigenvalue weighted by molar-refractivity contribution is 6.16. The molecule has 0 bridgehead atoms. The molecule has 0 aliphatic rings. The molecule has 0 spiro atoms. The molecule has 6 heterocycles. The molecule has 95 heavy (non-hydrogen) atoms. The lowest BCUT2D eigenvalue weighted by atomic mass is 10.0. The quantitative estimate of drug-likeness (QED) is 0.145. The predicted molar refractivity (Wildman–Crippen MR) is 393 cm³/mol. The number of nitrogens with zero attached hydrogens (tertiary/aromatic N) is 8. The SMILES string of the molecule is c1ccc(-c2nc(-c3cccc(-n4c5ccccc5c5ccccc54)c3)nc(-c3ccc(-n4c5ccccc5c5ccccc54)c(-n4c5ccccc5c5cc(-c6ccc7c(c6)c6ccccc6n7-c6ccc7c(c6)c6ccccc6n7-c6ccccc6)ccc54)c3)n2)cc1. The molecule has 8 heteroatoms. The van der Waals surface area contributed by atoms with Crippen LogP contribution in [0, 0.1) is 0 Å². The van der Waals surface area contributed by atoms with E-state index in [9.17, 15) is 0 Å². The normalized spacial score (nSPS) is 12.0. The van der Waals surface area contributed by atoms with Gasteiger partial charge in [-0.25, -0.2) is 15.0 Å². The zero-order valence-electron chi connectivity index (χ0n) is 51.3. The highest BCUT2D eigenvalue weighted by Crippen LogP contribution is 2.44. The average Bonchev–Trinajstić information content (AvgIpc) is 1.60. The Bertz CT molecular complexity index is 6430. The maximum atomic E-state index is 5.47. The Hall–Kier alpha value is -12.9. The van der Waals surface area contributed by atoms with Crippen LogP contribution in [0.3, 0.4) is 0 Å². The fourth-order valence-electron chi connectivity index (χ4n) is 15.3. The van der Waals surface area contributed by atoms with Gasteiger partial charge < -0.3 is 22.8 Å². The van der Waals surface area contributed by atoms with Crippen molar-refractivity contribution in [1.82, 2.24) is 37.8 Å². The van der Waals surface area contributed by atoms with Gasteiger partial charge >= 0.3 is 0 Å². The molecule has 6 aromatic heterocycles. The average molecular weight is 1210 g/mol. The van der Waals surface area contributed by atoms with E-state index in [1.54, 1.807) is 0 Å². The van der Waals surface area contributed by atoms with E-state index < -0.39 is 0 Å². The van der Waals surface area contributed by atoms with Crippen molar-refractivity contribution in [3.63, 3.8) is 0 Å². The minimum absolute atomic E-state index is 0.571. The summed E-state index contributed by atoms with van der Waals surface area (Å²) in [4.78, 5) is 16.2. The third-order valence-corrected chi connectivity index (χ3v) is 19.5. The molecule has 0 unspecified atom stereocenters. The van der Waals surface area contributed by atoms with Gasteiger partial charge in [-0.1, -0.05) is 200 Å². The minimum Gasteiger partial charge on any atom is -0.309 e. The van der Waals surface area contributed by atoms with Gasteiger partial charge in [0.05, 0.1) is 66.5 Å². The molecule has 442 valence electrons. The monoisotopic (exact) mass is 1210 g/mol. The number of rotatable bonds is 9. The summed E-state index contributed by atoms with van der Waals surface area (Å²) in [5.41, 5.74) is 21.6. The summed E-state index contributed by atoms with van der Waals surface area (Å²) in [6.45, 7) is 0. The van der Waals surface area contributed by atoms with Crippen molar-refractivity contribution in [2.45, 2.75) is 0 Å². The number of para-hydroxylation sites is 8. The lowest BCUT2D eigenvalue weighted by molar-refractivity contribution is 1.06. The van der Waals surface area contributed by atoms with Crippen LogP contribution in [0.15, 0.2) is 328 Å². The van der Waals surface area contributed by atoms with Crippen LogP contribution in [0.2, 0.25) is 0 Å². The Morgan fingerprint density at radius 3 is 0.947 bits per heavy atom. The van der Waals surface area contributed by atoms with Crippen molar-refractivity contribution in [2.24, 2.45) is 0 Å². The molecular weight excluding hydrogens is 1160 g/mol.